The molecule has 3 atom stereocenters. The Hall–Kier alpha value is -5.23. The van der Waals surface area contributed by atoms with E-state index in [1.807, 2.05) is 12.1 Å². The number of benzene rings is 3. The minimum atomic E-state index is -1.13. The van der Waals surface area contributed by atoms with Crippen molar-refractivity contribution in [3.05, 3.63) is 94.5 Å². The van der Waals surface area contributed by atoms with Gasteiger partial charge in [0.05, 0.1) is 25.0 Å². The molecule has 12 nitrogen and oxygen atoms in total. The molecule has 5 rings (SSSR count). The number of carboxylic acid groups (broad SMARTS) is 1. The van der Waals surface area contributed by atoms with Gasteiger partial charge in [0.25, 0.3) is 5.91 Å². The highest BCUT2D eigenvalue weighted by atomic mass is 35.5. The molecule has 2 fully saturated rings. The number of halogens is 1. The van der Waals surface area contributed by atoms with Gasteiger partial charge in [0, 0.05) is 37.0 Å². The third-order valence-electron chi connectivity index (χ3n) is 10.4. The second kappa shape index (κ2) is 17.7. The van der Waals surface area contributed by atoms with Crippen LogP contribution in [0.2, 0.25) is 5.02 Å². The summed E-state index contributed by atoms with van der Waals surface area (Å²) in [7, 11) is 1.55. The molecule has 0 aromatic heterocycles. The lowest BCUT2D eigenvalue weighted by Crippen LogP contribution is -2.49. The predicted octanol–water partition coefficient (Wildman–Crippen LogP) is 5.40. The van der Waals surface area contributed by atoms with Crippen LogP contribution in [0, 0.1) is 5.41 Å². The standard InChI is InChI=1S/C41H47ClN4O8/c1-26(47)34(44-40(53)41(20-4-5-21-41)22-23-43-27(2)48)24-28-6-14-32(15-7-28)45-38(30-10-12-31(42)13-11-30)46(36(49)18-19-37(50)51)35(39(45)52)25-29-8-16-33(54-3)17-9-29/h6-17,34-35,38H,4-5,18-25H2,1-3H3,(H,43,48)(H,44,53)(H,50,51). The maximum atomic E-state index is 14.5. The zero-order valence-corrected chi connectivity index (χ0v) is 31.6. The molecule has 1 heterocycles. The summed E-state index contributed by atoms with van der Waals surface area (Å²) in [6.45, 7) is 3.26. The normalized spacial score (nSPS) is 18.3. The van der Waals surface area contributed by atoms with E-state index < -0.39 is 42.0 Å². The van der Waals surface area contributed by atoms with Crippen LogP contribution in [0.5, 0.6) is 5.75 Å². The van der Waals surface area contributed by atoms with Gasteiger partial charge < -0.3 is 25.4 Å². The van der Waals surface area contributed by atoms with Gasteiger partial charge in [0.1, 0.15) is 18.0 Å². The summed E-state index contributed by atoms with van der Waals surface area (Å²) in [5.74, 6) is -1.87. The number of carbonyl (C=O) groups excluding carboxylic acids is 5. The Morgan fingerprint density at radius 1 is 0.907 bits per heavy atom. The molecule has 1 aliphatic heterocycles. The number of rotatable bonds is 16. The van der Waals surface area contributed by atoms with Gasteiger partial charge in [-0.2, -0.15) is 0 Å². The summed E-state index contributed by atoms with van der Waals surface area (Å²) in [4.78, 5) is 81.0. The summed E-state index contributed by atoms with van der Waals surface area (Å²) in [5, 5.41) is 15.7. The number of aliphatic carboxylic acids is 1. The van der Waals surface area contributed by atoms with Crippen LogP contribution in [0.3, 0.4) is 0 Å². The van der Waals surface area contributed by atoms with Crippen LogP contribution in [-0.2, 0) is 41.6 Å². The van der Waals surface area contributed by atoms with Crippen molar-refractivity contribution in [2.24, 2.45) is 5.41 Å². The minimum Gasteiger partial charge on any atom is -0.497 e. The van der Waals surface area contributed by atoms with Gasteiger partial charge in [0.15, 0.2) is 5.78 Å². The Morgan fingerprint density at radius 2 is 1.54 bits per heavy atom. The van der Waals surface area contributed by atoms with Crippen molar-refractivity contribution in [3.8, 4) is 5.75 Å². The van der Waals surface area contributed by atoms with Crippen molar-refractivity contribution < 1.29 is 38.6 Å². The van der Waals surface area contributed by atoms with E-state index in [0.717, 1.165) is 24.0 Å². The number of carbonyl (C=O) groups is 6. The van der Waals surface area contributed by atoms with E-state index >= 15 is 0 Å². The van der Waals surface area contributed by atoms with Crippen LogP contribution in [0.15, 0.2) is 72.8 Å². The first kappa shape index (κ1) is 40.0. The molecule has 0 radical (unpaired) electrons. The molecule has 4 amide bonds. The molecular weight excluding hydrogens is 712 g/mol. The number of nitrogens with one attached hydrogen (secondary N) is 2. The average Bonchev–Trinajstić information content (AvgIpc) is 3.74. The maximum absolute atomic E-state index is 14.5. The zero-order valence-electron chi connectivity index (χ0n) is 30.8. The van der Waals surface area contributed by atoms with Gasteiger partial charge in [-0.15, -0.1) is 0 Å². The van der Waals surface area contributed by atoms with Gasteiger partial charge >= 0.3 is 5.97 Å². The molecule has 1 aliphatic carbocycles. The molecule has 1 saturated carbocycles. The Kier molecular flexibility index (Phi) is 13.1. The van der Waals surface area contributed by atoms with Crippen LogP contribution in [0.4, 0.5) is 5.69 Å². The summed E-state index contributed by atoms with van der Waals surface area (Å²) < 4.78 is 5.29. The van der Waals surface area contributed by atoms with Crippen molar-refractivity contribution >= 4 is 52.7 Å². The lowest BCUT2D eigenvalue weighted by Gasteiger charge is -2.32. The zero-order chi connectivity index (χ0) is 39.0. The molecule has 54 heavy (non-hydrogen) atoms. The fourth-order valence-corrected chi connectivity index (χ4v) is 7.61. The summed E-state index contributed by atoms with van der Waals surface area (Å²) in [6.07, 6.45) is 2.45. The van der Waals surface area contributed by atoms with E-state index in [1.54, 1.807) is 72.7 Å². The molecule has 13 heteroatoms. The van der Waals surface area contributed by atoms with Crippen molar-refractivity contribution in [3.63, 3.8) is 0 Å². The summed E-state index contributed by atoms with van der Waals surface area (Å²) >= 11 is 6.23. The molecule has 286 valence electrons. The van der Waals surface area contributed by atoms with Crippen LogP contribution in [0.1, 0.15) is 81.6 Å². The highest BCUT2D eigenvalue weighted by molar-refractivity contribution is 6.30. The molecule has 3 N–H and O–H groups in total. The lowest BCUT2D eigenvalue weighted by atomic mass is 9.81. The molecule has 3 aromatic carbocycles. The van der Waals surface area contributed by atoms with Crippen LogP contribution >= 0.6 is 11.6 Å². The Balaban J connectivity index is 1.44. The lowest BCUT2D eigenvalue weighted by molar-refractivity contribution is -0.142. The number of methoxy groups -OCH3 is 1. The van der Waals surface area contributed by atoms with E-state index in [9.17, 15) is 33.9 Å². The summed E-state index contributed by atoms with van der Waals surface area (Å²) in [6, 6.07) is 19.3. The number of ether oxygens (including phenoxy) is 1. The number of hydrogen-bond donors (Lipinski definition) is 3. The second-order valence-electron chi connectivity index (χ2n) is 14.1. The third-order valence-corrected chi connectivity index (χ3v) is 10.7. The highest BCUT2D eigenvalue weighted by Crippen LogP contribution is 2.42. The Labute approximate surface area is 320 Å². The number of hydrogen-bond acceptors (Lipinski definition) is 7. The molecule has 2 aliphatic rings. The first-order chi connectivity index (χ1) is 25.8. The summed E-state index contributed by atoms with van der Waals surface area (Å²) in [5.41, 5.74) is 1.98. The second-order valence-corrected chi connectivity index (χ2v) is 14.6. The van der Waals surface area contributed by atoms with E-state index in [4.69, 9.17) is 16.3 Å². The monoisotopic (exact) mass is 758 g/mol. The smallest absolute Gasteiger partial charge is 0.303 e. The largest absolute Gasteiger partial charge is 0.497 e. The van der Waals surface area contributed by atoms with Crippen LogP contribution in [0.25, 0.3) is 0 Å². The minimum absolute atomic E-state index is 0.158. The van der Waals surface area contributed by atoms with Gasteiger partial charge in [-0.3, -0.25) is 33.7 Å². The first-order valence-electron chi connectivity index (χ1n) is 18.2. The SMILES string of the molecule is COc1ccc(CC2C(=O)N(c3ccc(CC(NC(=O)C4(CCNC(C)=O)CCCC4)C(C)=O)cc3)C(c3ccc(Cl)cc3)N2C(=O)CCC(=O)O)cc1. The van der Waals surface area contributed by atoms with Gasteiger partial charge in [-0.25, -0.2) is 0 Å². The molecular formula is C41H47ClN4O8. The van der Waals surface area contributed by atoms with E-state index in [1.165, 1.54) is 18.7 Å². The fraction of sp³-hybridized carbons (Fsp3) is 0.415. The quantitative estimate of drug-likeness (QED) is 0.175. The number of anilines is 1. The van der Waals surface area contributed by atoms with Gasteiger partial charge in [-0.1, -0.05) is 60.8 Å². The van der Waals surface area contributed by atoms with Gasteiger partial charge in [0.2, 0.25) is 17.7 Å². The van der Waals surface area contributed by atoms with Crippen molar-refractivity contribution in [1.82, 2.24) is 15.5 Å². The number of nitrogens with zero attached hydrogens (tertiary/aromatic N) is 2. The van der Waals surface area contributed by atoms with Crippen LogP contribution in [-0.4, -0.2) is 71.1 Å². The molecule has 1 saturated heterocycles. The third kappa shape index (κ3) is 9.46. The van der Waals surface area contributed by atoms with E-state index in [0.29, 0.717) is 47.8 Å². The molecule has 3 unspecified atom stereocenters. The number of carboxylic acids is 1. The van der Waals surface area contributed by atoms with Crippen molar-refractivity contribution in [1.29, 1.82) is 0 Å². The number of amides is 4. The van der Waals surface area contributed by atoms with E-state index in [2.05, 4.69) is 10.6 Å². The fourth-order valence-electron chi connectivity index (χ4n) is 7.49. The van der Waals surface area contributed by atoms with E-state index in [-0.39, 0.29) is 42.8 Å². The topological polar surface area (TPSA) is 162 Å². The van der Waals surface area contributed by atoms with Crippen molar-refractivity contribution in [2.75, 3.05) is 18.6 Å². The van der Waals surface area contributed by atoms with Crippen molar-refractivity contribution in [2.45, 2.75) is 89.9 Å². The predicted molar refractivity (Wildman–Crippen MR) is 203 cm³/mol. The number of ketones is 1. The molecule has 0 bridgehead atoms. The maximum Gasteiger partial charge on any atom is 0.303 e. The molecule has 0 spiro atoms. The highest BCUT2D eigenvalue weighted by Gasteiger charge is 2.49. The average molecular weight is 759 g/mol. The molecule has 3 aromatic rings. The number of Topliss-reactive ketones (excluding diaryl/α,β-unsaturated/α-hetero) is 1. The Morgan fingerprint density at radius 3 is 2.11 bits per heavy atom. The van der Waals surface area contributed by atoms with Crippen LogP contribution < -0.4 is 20.3 Å². The van der Waals surface area contributed by atoms with Gasteiger partial charge in [-0.05, 0) is 85.7 Å². The first-order valence-corrected chi connectivity index (χ1v) is 18.6. The Bertz CT molecular complexity index is 1840.